The second-order valence-electron chi connectivity index (χ2n) is 2.68. The fourth-order valence-corrected chi connectivity index (χ4v) is 0.970. The molecule has 0 saturated carbocycles. The van der Waals surface area contributed by atoms with Crippen LogP contribution < -0.4 is 0 Å². The highest BCUT2D eigenvalue weighted by Crippen LogP contribution is 2.13. The van der Waals surface area contributed by atoms with Crippen LogP contribution >= 0.6 is 0 Å². The van der Waals surface area contributed by atoms with Crippen molar-refractivity contribution in [1.82, 2.24) is 0 Å². The number of carbonyl (C=O) groups is 1. The normalized spacial score (nSPS) is 13.6. The molecule has 0 aliphatic carbocycles. The van der Waals surface area contributed by atoms with Gasteiger partial charge in [0.1, 0.15) is 0 Å². The maximum absolute atomic E-state index is 10.3. The van der Waals surface area contributed by atoms with Crippen LogP contribution in [-0.2, 0) is 4.79 Å². The molecule has 0 aromatic rings. The van der Waals surface area contributed by atoms with E-state index in [-0.39, 0.29) is 0 Å². The Kier molecular flexibility index (Phi) is 5.53. The molecule has 64 valence electrons. The first-order valence-corrected chi connectivity index (χ1v) is 4.03. The van der Waals surface area contributed by atoms with Crippen molar-refractivity contribution in [1.29, 1.82) is 0 Å². The van der Waals surface area contributed by atoms with Gasteiger partial charge in [0.05, 0.1) is 0 Å². The lowest BCUT2D eigenvalue weighted by Crippen LogP contribution is -2.05. The fraction of sp³-hybridized carbons (Fsp3) is 0.667. The van der Waals surface area contributed by atoms with Crippen LogP contribution in [0, 0.1) is 5.92 Å². The molecule has 0 saturated heterocycles. The largest absolute Gasteiger partial charge is 0.481 e. The summed E-state index contributed by atoms with van der Waals surface area (Å²) in [7, 11) is 0. The lowest BCUT2D eigenvalue weighted by atomic mass is 9.98. The molecule has 0 spiro atoms. The minimum atomic E-state index is -0.693. The smallest absolute Gasteiger partial charge is 0.303 e. The van der Waals surface area contributed by atoms with Gasteiger partial charge < -0.3 is 5.11 Å². The summed E-state index contributed by atoms with van der Waals surface area (Å²) in [5, 5.41) is 8.49. The van der Waals surface area contributed by atoms with Crippen molar-refractivity contribution in [2.45, 2.75) is 33.1 Å². The molecule has 0 aromatic heterocycles. The summed E-state index contributed by atoms with van der Waals surface area (Å²) >= 11 is 0. The highest BCUT2D eigenvalue weighted by Gasteiger charge is 2.08. The van der Waals surface area contributed by atoms with Crippen LogP contribution in [-0.4, -0.2) is 11.1 Å². The molecule has 0 aromatic carbocycles. The van der Waals surface area contributed by atoms with Crippen LogP contribution in [0.4, 0.5) is 0 Å². The van der Waals surface area contributed by atoms with E-state index in [0.717, 1.165) is 12.8 Å². The summed E-state index contributed by atoms with van der Waals surface area (Å²) in [5.41, 5.74) is 0. The first kappa shape index (κ1) is 10.2. The highest BCUT2D eigenvalue weighted by molar-refractivity contribution is 5.67. The zero-order valence-corrected chi connectivity index (χ0v) is 7.21. The van der Waals surface area contributed by atoms with Gasteiger partial charge in [-0.25, -0.2) is 0 Å². The Hall–Kier alpha value is -0.790. The Morgan fingerprint density at radius 1 is 1.64 bits per heavy atom. The second-order valence-corrected chi connectivity index (χ2v) is 2.68. The van der Waals surface area contributed by atoms with Crippen molar-refractivity contribution >= 4 is 5.97 Å². The quantitative estimate of drug-likeness (QED) is 0.621. The van der Waals surface area contributed by atoms with Gasteiger partial charge in [0, 0.05) is 6.42 Å². The minimum Gasteiger partial charge on any atom is -0.481 e. The van der Waals surface area contributed by atoms with E-state index in [9.17, 15) is 4.79 Å². The Morgan fingerprint density at radius 3 is 2.64 bits per heavy atom. The molecule has 0 rings (SSSR count). The van der Waals surface area contributed by atoms with Gasteiger partial charge in [0.2, 0.25) is 0 Å². The van der Waals surface area contributed by atoms with Crippen molar-refractivity contribution in [2.75, 3.05) is 0 Å². The number of carboxylic acids is 1. The maximum Gasteiger partial charge on any atom is 0.303 e. The van der Waals surface area contributed by atoms with Crippen molar-refractivity contribution in [3.05, 3.63) is 12.2 Å². The number of rotatable bonds is 5. The average Bonchev–Trinajstić information content (AvgIpc) is 1.97. The number of hydrogen-bond acceptors (Lipinski definition) is 1. The van der Waals surface area contributed by atoms with Gasteiger partial charge in [0.15, 0.2) is 0 Å². The molecule has 1 atom stereocenters. The Morgan fingerprint density at radius 2 is 2.27 bits per heavy atom. The molecule has 0 aliphatic heterocycles. The van der Waals surface area contributed by atoms with Crippen LogP contribution in [0.5, 0.6) is 0 Å². The second kappa shape index (κ2) is 5.96. The standard InChI is InChI=1S/C9H16O2/c1-3-5-6-8(4-2)7-9(10)11/h3,5,8H,4,6-7H2,1-2H3,(H,10,11). The molecule has 0 aliphatic rings. The van der Waals surface area contributed by atoms with Gasteiger partial charge in [-0.15, -0.1) is 0 Å². The molecule has 0 fully saturated rings. The van der Waals surface area contributed by atoms with E-state index < -0.39 is 5.97 Å². The molecule has 11 heavy (non-hydrogen) atoms. The van der Waals surface area contributed by atoms with Crippen LogP contribution in [0.1, 0.15) is 33.1 Å². The van der Waals surface area contributed by atoms with E-state index in [0.29, 0.717) is 12.3 Å². The first-order chi connectivity index (χ1) is 5.20. The molecule has 2 heteroatoms. The molecule has 0 heterocycles. The predicted octanol–water partition coefficient (Wildman–Crippen LogP) is 2.45. The average molecular weight is 156 g/mol. The van der Waals surface area contributed by atoms with Gasteiger partial charge in [0.25, 0.3) is 0 Å². The Balaban J connectivity index is 3.66. The van der Waals surface area contributed by atoms with Gasteiger partial charge in [-0.2, -0.15) is 0 Å². The van der Waals surface area contributed by atoms with Crippen molar-refractivity contribution in [3.63, 3.8) is 0 Å². The summed E-state index contributed by atoms with van der Waals surface area (Å²) < 4.78 is 0. The number of hydrogen-bond donors (Lipinski definition) is 1. The number of aliphatic carboxylic acids is 1. The maximum atomic E-state index is 10.3. The van der Waals surface area contributed by atoms with Crippen molar-refractivity contribution in [3.8, 4) is 0 Å². The Labute approximate surface area is 67.9 Å². The predicted molar refractivity (Wildman–Crippen MR) is 45.5 cm³/mol. The summed E-state index contributed by atoms with van der Waals surface area (Å²) in [6.07, 6.45) is 6.11. The molecule has 0 amide bonds. The fourth-order valence-electron chi connectivity index (χ4n) is 0.970. The molecular weight excluding hydrogens is 140 g/mol. The van der Waals surface area contributed by atoms with Gasteiger partial charge in [-0.3, -0.25) is 4.79 Å². The molecule has 0 bridgehead atoms. The highest BCUT2D eigenvalue weighted by atomic mass is 16.4. The molecular formula is C9H16O2. The van der Waals surface area contributed by atoms with E-state index in [2.05, 4.69) is 0 Å². The van der Waals surface area contributed by atoms with E-state index in [1.54, 1.807) is 0 Å². The van der Waals surface area contributed by atoms with Gasteiger partial charge >= 0.3 is 5.97 Å². The van der Waals surface area contributed by atoms with E-state index in [1.807, 2.05) is 26.0 Å². The molecule has 0 radical (unpaired) electrons. The summed E-state index contributed by atoms with van der Waals surface area (Å²) in [6.45, 7) is 3.98. The zero-order valence-electron chi connectivity index (χ0n) is 7.21. The third kappa shape index (κ3) is 5.64. The molecule has 2 nitrogen and oxygen atoms in total. The lowest BCUT2D eigenvalue weighted by molar-refractivity contribution is -0.138. The van der Waals surface area contributed by atoms with Gasteiger partial charge in [-0.05, 0) is 19.3 Å². The third-order valence-electron chi connectivity index (χ3n) is 1.75. The SMILES string of the molecule is CC=CCC(CC)CC(=O)O. The lowest BCUT2D eigenvalue weighted by Gasteiger charge is -2.07. The van der Waals surface area contributed by atoms with Crippen LogP contribution in [0.25, 0.3) is 0 Å². The Bertz CT molecular complexity index is 138. The van der Waals surface area contributed by atoms with Crippen LogP contribution in [0.3, 0.4) is 0 Å². The third-order valence-corrected chi connectivity index (χ3v) is 1.75. The summed E-state index contributed by atoms with van der Waals surface area (Å²) in [6, 6.07) is 0. The van der Waals surface area contributed by atoms with Gasteiger partial charge in [-0.1, -0.05) is 25.5 Å². The summed E-state index contributed by atoms with van der Waals surface area (Å²) in [5.74, 6) is -0.384. The van der Waals surface area contributed by atoms with E-state index in [1.165, 1.54) is 0 Å². The molecule has 1 unspecified atom stereocenters. The summed E-state index contributed by atoms with van der Waals surface area (Å²) in [4.78, 5) is 10.3. The minimum absolute atomic E-state index is 0.292. The van der Waals surface area contributed by atoms with Crippen LogP contribution in [0.15, 0.2) is 12.2 Å². The number of carboxylic acid groups (broad SMARTS) is 1. The van der Waals surface area contributed by atoms with Crippen LogP contribution in [0.2, 0.25) is 0 Å². The monoisotopic (exact) mass is 156 g/mol. The molecule has 1 N–H and O–H groups in total. The zero-order chi connectivity index (χ0) is 8.69. The first-order valence-electron chi connectivity index (χ1n) is 4.03. The topological polar surface area (TPSA) is 37.3 Å². The number of allylic oxidation sites excluding steroid dienone is 2. The van der Waals surface area contributed by atoms with Crippen molar-refractivity contribution < 1.29 is 9.90 Å². The van der Waals surface area contributed by atoms with Crippen molar-refractivity contribution in [2.24, 2.45) is 5.92 Å². The van der Waals surface area contributed by atoms with E-state index >= 15 is 0 Å². The van der Waals surface area contributed by atoms with E-state index in [4.69, 9.17) is 5.11 Å².